The number of rotatable bonds is 4. The molecule has 1 aromatic heterocycles. The molecule has 1 saturated heterocycles. The highest BCUT2D eigenvalue weighted by Gasteiger charge is 2.44. The van der Waals surface area contributed by atoms with E-state index in [2.05, 4.69) is 0 Å². The van der Waals surface area contributed by atoms with Crippen molar-refractivity contribution in [3.8, 4) is 34.3 Å². The molecule has 1 fully saturated rings. The number of hydrogen-bond acceptors (Lipinski definition) is 11. The predicted octanol–water partition coefficient (Wildman–Crippen LogP) is -0.245. The average Bonchev–Trinajstić information content (AvgIpc) is 2.74. The first-order valence-electron chi connectivity index (χ1n) is 9.50. The first-order chi connectivity index (χ1) is 15.2. The van der Waals surface area contributed by atoms with E-state index in [4.69, 9.17) is 13.9 Å². The lowest BCUT2D eigenvalue weighted by Gasteiger charge is -2.39. The van der Waals surface area contributed by atoms with Gasteiger partial charge in [-0.3, -0.25) is 4.79 Å². The Labute approximate surface area is 179 Å². The van der Waals surface area contributed by atoms with Crippen molar-refractivity contribution in [1.82, 2.24) is 0 Å². The number of aliphatic hydroxyl groups excluding tert-OH is 4. The van der Waals surface area contributed by atoms with Crippen LogP contribution in [-0.4, -0.2) is 73.1 Å². The van der Waals surface area contributed by atoms with Crippen molar-refractivity contribution in [2.75, 3.05) is 6.61 Å². The molecule has 0 bridgehead atoms. The Morgan fingerprint density at radius 2 is 1.66 bits per heavy atom. The molecular weight excluding hydrogens is 428 g/mol. The van der Waals surface area contributed by atoms with E-state index in [0.717, 1.165) is 18.2 Å². The first-order valence-corrected chi connectivity index (χ1v) is 9.50. The molecule has 1 aliphatic heterocycles. The maximum Gasteiger partial charge on any atom is 0.229 e. The molecule has 1 aliphatic rings. The number of ether oxygens (including phenoxy) is 2. The zero-order chi connectivity index (χ0) is 23.2. The molecular formula is C21H20O11. The molecule has 170 valence electrons. The fourth-order valence-electron chi connectivity index (χ4n) is 3.46. The Morgan fingerprint density at radius 1 is 0.906 bits per heavy atom. The number of hydrogen-bond donors (Lipinski definition) is 7. The van der Waals surface area contributed by atoms with Gasteiger partial charge in [-0.1, -0.05) is 0 Å². The third-order valence-corrected chi connectivity index (χ3v) is 5.13. The summed E-state index contributed by atoms with van der Waals surface area (Å²) in [5.41, 5.74) is -0.378. The highest BCUT2D eigenvalue weighted by atomic mass is 16.7. The zero-order valence-corrected chi connectivity index (χ0v) is 16.3. The largest absolute Gasteiger partial charge is 0.508 e. The van der Waals surface area contributed by atoms with Crippen LogP contribution >= 0.6 is 0 Å². The lowest BCUT2D eigenvalue weighted by Crippen LogP contribution is -2.60. The van der Waals surface area contributed by atoms with Gasteiger partial charge in [0, 0.05) is 23.8 Å². The Morgan fingerprint density at radius 3 is 2.34 bits per heavy atom. The molecule has 0 spiro atoms. The Kier molecular flexibility index (Phi) is 5.67. The summed E-state index contributed by atoms with van der Waals surface area (Å²) >= 11 is 0. The summed E-state index contributed by atoms with van der Waals surface area (Å²) in [6, 6.07) is 7.19. The van der Waals surface area contributed by atoms with Crippen molar-refractivity contribution in [2.45, 2.75) is 30.7 Å². The maximum atomic E-state index is 12.4. The summed E-state index contributed by atoms with van der Waals surface area (Å²) in [4.78, 5) is 12.4. The molecule has 5 atom stereocenters. The summed E-state index contributed by atoms with van der Waals surface area (Å²) in [5, 5.41) is 68.7. The van der Waals surface area contributed by atoms with Gasteiger partial charge in [0.25, 0.3) is 0 Å². The molecule has 0 aliphatic carbocycles. The SMILES string of the molecule is O=c1cc(-c2ccc(O[C@@H]3O[C@@H](CO)[C@@H](O)[C@@H](O)[C@H]3O)c(O)c2)oc2cc(O)cc(O)c12. The van der Waals surface area contributed by atoms with E-state index in [-0.39, 0.29) is 33.8 Å². The average molecular weight is 448 g/mol. The van der Waals surface area contributed by atoms with Gasteiger partial charge < -0.3 is 49.6 Å². The van der Waals surface area contributed by atoms with E-state index in [9.17, 15) is 40.5 Å². The second kappa shape index (κ2) is 8.30. The van der Waals surface area contributed by atoms with E-state index in [0.29, 0.717) is 0 Å². The number of fused-ring (bicyclic) bond motifs is 1. The van der Waals surface area contributed by atoms with Crippen LogP contribution < -0.4 is 10.2 Å². The van der Waals surface area contributed by atoms with E-state index < -0.39 is 54.2 Å². The van der Waals surface area contributed by atoms with Gasteiger partial charge in [0.1, 0.15) is 52.6 Å². The van der Waals surface area contributed by atoms with E-state index in [1.165, 1.54) is 18.2 Å². The summed E-state index contributed by atoms with van der Waals surface area (Å²) in [5.74, 6) is -1.30. The van der Waals surface area contributed by atoms with Crippen LogP contribution in [0.1, 0.15) is 0 Å². The quantitative estimate of drug-likeness (QED) is 0.279. The standard InChI is InChI=1S/C21H20O11/c22-7-16-18(27)19(28)20(29)21(32-16)31-13-2-1-8(3-10(13)24)14-6-12(26)17-11(25)4-9(23)5-15(17)30-14/h1-6,16,18-25,27-29H,7H2/t16-,18+,19+,20+,21+/m0/s1. The topological polar surface area (TPSA) is 190 Å². The molecule has 11 nitrogen and oxygen atoms in total. The van der Waals surface area contributed by atoms with E-state index in [1.807, 2.05) is 0 Å². The van der Waals surface area contributed by atoms with Gasteiger partial charge in [0.2, 0.25) is 6.29 Å². The van der Waals surface area contributed by atoms with Crippen molar-refractivity contribution in [3.63, 3.8) is 0 Å². The van der Waals surface area contributed by atoms with Crippen molar-refractivity contribution in [2.24, 2.45) is 0 Å². The van der Waals surface area contributed by atoms with Crippen molar-refractivity contribution >= 4 is 11.0 Å². The third-order valence-electron chi connectivity index (χ3n) is 5.13. The minimum absolute atomic E-state index is 0.0298. The minimum Gasteiger partial charge on any atom is -0.508 e. The van der Waals surface area contributed by atoms with Crippen LogP contribution in [-0.2, 0) is 4.74 Å². The Bertz CT molecular complexity index is 1200. The second-order valence-electron chi connectivity index (χ2n) is 7.31. The van der Waals surface area contributed by atoms with Crippen LogP contribution in [0.4, 0.5) is 0 Å². The van der Waals surface area contributed by atoms with Crippen LogP contribution in [0.3, 0.4) is 0 Å². The van der Waals surface area contributed by atoms with Gasteiger partial charge in [-0.15, -0.1) is 0 Å². The van der Waals surface area contributed by atoms with Crippen molar-refractivity contribution in [3.05, 3.63) is 46.6 Å². The van der Waals surface area contributed by atoms with Gasteiger partial charge in [-0.2, -0.15) is 0 Å². The van der Waals surface area contributed by atoms with Gasteiger partial charge in [-0.05, 0) is 18.2 Å². The van der Waals surface area contributed by atoms with Crippen LogP contribution in [0.2, 0.25) is 0 Å². The number of aliphatic hydroxyl groups is 4. The molecule has 11 heteroatoms. The number of aromatic hydroxyl groups is 3. The van der Waals surface area contributed by atoms with Gasteiger partial charge >= 0.3 is 0 Å². The van der Waals surface area contributed by atoms with Crippen LogP contribution in [0.5, 0.6) is 23.0 Å². The van der Waals surface area contributed by atoms with E-state index >= 15 is 0 Å². The number of benzene rings is 2. The number of phenols is 3. The first kappa shape index (κ1) is 21.9. The molecule has 2 aromatic carbocycles. The fraction of sp³-hybridized carbons (Fsp3) is 0.286. The molecule has 0 saturated carbocycles. The van der Waals surface area contributed by atoms with Crippen LogP contribution in [0.15, 0.2) is 45.6 Å². The van der Waals surface area contributed by atoms with Crippen LogP contribution in [0, 0.1) is 0 Å². The van der Waals surface area contributed by atoms with Crippen LogP contribution in [0.25, 0.3) is 22.3 Å². The lowest BCUT2D eigenvalue weighted by molar-refractivity contribution is -0.277. The lowest BCUT2D eigenvalue weighted by atomic mass is 9.99. The molecule has 0 unspecified atom stereocenters. The third kappa shape index (κ3) is 3.83. The molecule has 32 heavy (non-hydrogen) atoms. The molecule has 3 aromatic rings. The fourth-order valence-corrected chi connectivity index (χ4v) is 3.46. The molecule has 2 heterocycles. The molecule has 0 radical (unpaired) electrons. The summed E-state index contributed by atoms with van der Waals surface area (Å²) in [6.07, 6.45) is -7.54. The van der Waals surface area contributed by atoms with Gasteiger partial charge in [-0.25, -0.2) is 0 Å². The summed E-state index contributed by atoms with van der Waals surface area (Å²) in [7, 11) is 0. The summed E-state index contributed by atoms with van der Waals surface area (Å²) in [6.45, 7) is -0.637. The number of phenolic OH excluding ortho intramolecular Hbond substituents is 3. The normalized spacial score (nSPS) is 25.7. The molecule has 0 amide bonds. The Balaban J connectivity index is 1.64. The van der Waals surface area contributed by atoms with Gasteiger partial charge in [0.05, 0.1) is 6.61 Å². The zero-order valence-electron chi connectivity index (χ0n) is 16.3. The monoisotopic (exact) mass is 448 g/mol. The molecule has 7 N–H and O–H groups in total. The van der Waals surface area contributed by atoms with Crippen molar-refractivity contribution in [1.29, 1.82) is 0 Å². The van der Waals surface area contributed by atoms with Gasteiger partial charge in [0.15, 0.2) is 16.9 Å². The second-order valence-corrected chi connectivity index (χ2v) is 7.31. The Hall–Kier alpha value is -3.35. The molecule has 4 rings (SSSR count). The minimum atomic E-state index is -1.66. The highest BCUT2D eigenvalue weighted by Crippen LogP contribution is 2.35. The smallest absolute Gasteiger partial charge is 0.229 e. The summed E-state index contributed by atoms with van der Waals surface area (Å²) < 4.78 is 16.2. The van der Waals surface area contributed by atoms with E-state index in [1.54, 1.807) is 0 Å². The highest BCUT2D eigenvalue weighted by molar-refractivity contribution is 5.86. The predicted molar refractivity (Wildman–Crippen MR) is 107 cm³/mol. The van der Waals surface area contributed by atoms with Crippen molar-refractivity contribution < 1.29 is 49.6 Å². The maximum absolute atomic E-state index is 12.4.